The highest BCUT2D eigenvalue weighted by Gasteiger charge is 2.01. The Bertz CT molecular complexity index is 186. The van der Waals surface area contributed by atoms with E-state index in [0.29, 0.717) is 0 Å². The first-order valence-electron chi connectivity index (χ1n) is 4.42. The molecule has 2 nitrogen and oxygen atoms in total. The first-order chi connectivity index (χ1) is 5.84. The summed E-state index contributed by atoms with van der Waals surface area (Å²) in [7, 11) is 0. The topological polar surface area (TPSA) is 33.1 Å². The summed E-state index contributed by atoms with van der Waals surface area (Å²) in [5.41, 5.74) is 0.894. The number of rotatable bonds is 2. The van der Waals surface area contributed by atoms with Gasteiger partial charge in [-0.2, -0.15) is 0 Å². The van der Waals surface area contributed by atoms with Crippen molar-refractivity contribution >= 4 is 0 Å². The number of aromatic nitrogens is 1. The van der Waals surface area contributed by atoms with E-state index >= 15 is 0 Å². The summed E-state index contributed by atoms with van der Waals surface area (Å²) in [6.07, 6.45) is 3.78. The summed E-state index contributed by atoms with van der Waals surface area (Å²) in [5.74, 6) is 0. The molecule has 1 N–H and O–H groups in total. The molecule has 1 aromatic heterocycles. The summed E-state index contributed by atoms with van der Waals surface area (Å²) in [4.78, 5) is 3.89. The van der Waals surface area contributed by atoms with Crippen molar-refractivity contribution in [3.63, 3.8) is 0 Å². The molecule has 0 aliphatic heterocycles. The molecule has 0 aromatic carbocycles. The van der Waals surface area contributed by atoms with Crippen molar-refractivity contribution < 1.29 is 5.11 Å². The monoisotopic (exact) mass is 167 g/mol. The minimum Gasteiger partial charge on any atom is -0.388 e. The van der Waals surface area contributed by atoms with Crippen molar-refractivity contribution in [3.05, 3.63) is 30.1 Å². The molecule has 2 heteroatoms. The summed E-state index contributed by atoms with van der Waals surface area (Å²) in [6, 6.07) is 3.70. The van der Waals surface area contributed by atoms with Crippen LogP contribution in [-0.4, -0.2) is 10.1 Å². The van der Waals surface area contributed by atoms with Gasteiger partial charge >= 0.3 is 0 Å². The number of pyridine rings is 1. The summed E-state index contributed by atoms with van der Waals surface area (Å²) < 4.78 is 0. The Morgan fingerprint density at radius 1 is 1.50 bits per heavy atom. The number of aliphatic hydroxyl groups excluding tert-OH is 1. The lowest BCUT2D eigenvalue weighted by molar-refractivity contribution is 0.173. The minimum absolute atomic E-state index is 0.353. The average molecular weight is 167 g/mol. The van der Waals surface area contributed by atoms with E-state index in [0.717, 1.165) is 12.0 Å². The number of hydrogen-bond acceptors (Lipinski definition) is 2. The van der Waals surface area contributed by atoms with E-state index in [1.165, 1.54) is 0 Å². The maximum atomic E-state index is 9.29. The van der Waals surface area contributed by atoms with Gasteiger partial charge in [-0.15, -0.1) is 0 Å². The fourth-order valence-electron chi connectivity index (χ4n) is 0.809. The second-order valence-corrected chi connectivity index (χ2v) is 2.21. The Labute approximate surface area is 74.3 Å². The maximum Gasteiger partial charge on any atom is 0.0802 e. The Hall–Kier alpha value is -0.890. The third kappa shape index (κ3) is 3.49. The quantitative estimate of drug-likeness (QED) is 0.734. The highest BCUT2D eigenvalue weighted by molar-refractivity contribution is 5.11. The fourth-order valence-corrected chi connectivity index (χ4v) is 0.809. The second-order valence-electron chi connectivity index (χ2n) is 2.21. The SMILES string of the molecule is CC.CCC(O)c1cccnc1. The molecule has 0 amide bonds. The van der Waals surface area contributed by atoms with Gasteiger partial charge in [-0.05, 0) is 18.1 Å². The van der Waals surface area contributed by atoms with Crippen molar-refractivity contribution in [2.75, 3.05) is 0 Å². The number of aliphatic hydroxyl groups is 1. The van der Waals surface area contributed by atoms with Crippen LogP contribution in [0.25, 0.3) is 0 Å². The van der Waals surface area contributed by atoms with Gasteiger partial charge in [0.2, 0.25) is 0 Å². The van der Waals surface area contributed by atoms with E-state index < -0.39 is 0 Å². The molecule has 1 atom stereocenters. The van der Waals surface area contributed by atoms with Gasteiger partial charge in [0.05, 0.1) is 6.10 Å². The number of nitrogens with zero attached hydrogens (tertiary/aromatic N) is 1. The van der Waals surface area contributed by atoms with Gasteiger partial charge in [0, 0.05) is 12.4 Å². The van der Waals surface area contributed by atoms with Gasteiger partial charge in [0.1, 0.15) is 0 Å². The van der Waals surface area contributed by atoms with E-state index in [-0.39, 0.29) is 6.10 Å². The zero-order valence-corrected chi connectivity index (χ0v) is 7.99. The standard InChI is InChI=1S/C8H11NO.C2H6/c1-2-8(10)7-4-3-5-9-6-7;1-2/h3-6,8,10H,2H2,1H3;1-2H3. The van der Waals surface area contributed by atoms with Crippen molar-refractivity contribution in [1.82, 2.24) is 4.98 Å². The molecule has 0 aliphatic carbocycles. The Morgan fingerprint density at radius 3 is 2.58 bits per heavy atom. The summed E-state index contributed by atoms with van der Waals surface area (Å²) >= 11 is 0. The van der Waals surface area contributed by atoms with Crippen molar-refractivity contribution in [2.45, 2.75) is 33.3 Å². The third-order valence-corrected chi connectivity index (χ3v) is 1.46. The van der Waals surface area contributed by atoms with Crippen LogP contribution in [0.15, 0.2) is 24.5 Å². The molecule has 1 aromatic rings. The highest BCUT2D eigenvalue weighted by atomic mass is 16.3. The van der Waals surface area contributed by atoms with E-state index in [1.54, 1.807) is 12.4 Å². The molecular formula is C10H17NO. The van der Waals surface area contributed by atoms with E-state index in [4.69, 9.17) is 0 Å². The molecule has 1 heterocycles. The second kappa shape index (κ2) is 6.80. The molecule has 1 rings (SSSR count). The zero-order valence-electron chi connectivity index (χ0n) is 7.99. The van der Waals surface area contributed by atoms with Crippen molar-refractivity contribution in [2.24, 2.45) is 0 Å². The van der Waals surface area contributed by atoms with Gasteiger partial charge < -0.3 is 5.11 Å². The minimum atomic E-state index is -0.353. The van der Waals surface area contributed by atoms with Crippen LogP contribution in [0.5, 0.6) is 0 Å². The fraction of sp³-hybridized carbons (Fsp3) is 0.500. The molecule has 0 radical (unpaired) electrons. The molecule has 68 valence electrons. The molecule has 0 saturated heterocycles. The van der Waals surface area contributed by atoms with E-state index in [1.807, 2.05) is 32.9 Å². The Kier molecular flexibility index (Phi) is 6.29. The first kappa shape index (κ1) is 11.1. The zero-order chi connectivity index (χ0) is 9.40. The normalized spacial score (nSPS) is 11.3. The van der Waals surface area contributed by atoms with E-state index in [2.05, 4.69) is 4.98 Å². The Morgan fingerprint density at radius 2 is 2.17 bits per heavy atom. The van der Waals surface area contributed by atoms with Gasteiger partial charge in [0.15, 0.2) is 0 Å². The molecule has 0 spiro atoms. The summed E-state index contributed by atoms with van der Waals surface area (Å²) in [6.45, 7) is 5.94. The van der Waals surface area contributed by atoms with Gasteiger partial charge in [-0.25, -0.2) is 0 Å². The van der Waals surface area contributed by atoms with Crippen molar-refractivity contribution in [3.8, 4) is 0 Å². The molecule has 0 bridgehead atoms. The molecule has 1 unspecified atom stereocenters. The Balaban J connectivity index is 0.000000561. The van der Waals surface area contributed by atoms with Crippen LogP contribution in [0.3, 0.4) is 0 Å². The third-order valence-electron chi connectivity index (χ3n) is 1.46. The first-order valence-corrected chi connectivity index (χ1v) is 4.42. The van der Waals surface area contributed by atoms with Gasteiger partial charge in [0.25, 0.3) is 0 Å². The molecular weight excluding hydrogens is 150 g/mol. The molecule has 0 fully saturated rings. The lowest BCUT2D eigenvalue weighted by atomic mass is 10.1. The van der Waals surface area contributed by atoms with Crippen LogP contribution in [0, 0.1) is 0 Å². The lowest BCUT2D eigenvalue weighted by Crippen LogP contribution is -1.94. The maximum absolute atomic E-state index is 9.29. The van der Waals surface area contributed by atoms with Crippen LogP contribution < -0.4 is 0 Å². The van der Waals surface area contributed by atoms with Crippen molar-refractivity contribution in [1.29, 1.82) is 0 Å². The molecule has 0 aliphatic rings. The molecule has 12 heavy (non-hydrogen) atoms. The number of hydrogen-bond donors (Lipinski definition) is 1. The van der Waals surface area contributed by atoms with Gasteiger partial charge in [-0.1, -0.05) is 26.8 Å². The predicted octanol–water partition coefficient (Wildman–Crippen LogP) is 2.55. The summed E-state index contributed by atoms with van der Waals surface area (Å²) in [5, 5.41) is 9.29. The average Bonchev–Trinajstić information content (AvgIpc) is 2.21. The highest BCUT2D eigenvalue weighted by Crippen LogP contribution is 2.12. The van der Waals surface area contributed by atoms with Crippen LogP contribution >= 0.6 is 0 Å². The van der Waals surface area contributed by atoms with Crippen LogP contribution in [0.4, 0.5) is 0 Å². The van der Waals surface area contributed by atoms with Crippen LogP contribution in [-0.2, 0) is 0 Å². The molecule has 0 saturated carbocycles. The smallest absolute Gasteiger partial charge is 0.0802 e. The largest absolute Gasteiger partial charge is 0.388 e. The van der Waals surface area contributed by atoms with Gasteiger partial charge in [-0.3, -0.25) is 4.98 Å². The van der Waals surface area contributed by atoms with E-state index in [9.17, 15) is 5.11 Å². The van der Waals surface area contributed by atoms with Crippen LogP contribution in [0.1, 0.15) is 38.9 Å². The lowest BCUT2D eigenvalue weighted by Gasteiger charge is -2.05. The predicted molar refractivity (Wildman–Crippen MR) is 50.8 cm³/mol. The van der Waals surface area contributed by atoms with Crippen LogP contribution in [0.2, 0.25) is 0 Å².